The van der Waals surface area contributed by atoms with Gasteiger partial charge in [0, 0.05) is 24.9 Å². The number of anilines is 1. The number of benzene rings is 4. The summed E-state index contributed by atoms with van der Waals surface area (Å²) in [5, 5.41) is 26.7. The number of rotatable bonds is 21. The Morgan fingerprint density at radius 2 is 0.820 bits per heavy atom. The van der Waals surface area contributed by atoms with Crippen LogP contribution in [0.5, 0.6) is 0 Å². The van der Waals surface area contributed by atoms with E-state index in [4.69, 9.17) is 0 Å². The summed E-state index contributed by atoms with van der Waals surface area (Å²) >= 11 is 0. The zero-order valence-corrected chi connectivity index (χ0v) is 35.9. The molecule has 324 valence electrons. The number of hydrogen-bond acceptors (Lipinski definition) is 6. The smallest absolute Gasteiger partial charge is 0.326 e. The molecule has 61 heavy (non-hydrogen) atoms. The summed E-state index contributed by atoms with van der Waals surface area (Å²) in [4.78, 5) is 81.8. The van der Waals surface area contributed by atoms with Crippen LogP contribution in [0.2, 0.25) is 0 Å². The number of carbonyl (C=O) groups is 6. The lowest BCUT2D eigenvalue weighted by atomic mass is 9.98. The largest absolute Gasteiger partial charge is 0.480 e. The second kappa shape index (κ2) is 23.3. The minimum absolute atomic E-state index is 0.0404. The molecule has 0 heterocycles. The predicted octanol–water partition coefficient (Wildman–Crippen LogP) is 5.64. The molecule has 0 saturated heterocycles. The molecule has 0 spiro atoms. The topological polar surface area (TPSA) is 195 Å². The second-order valence-corrected chi connectivity index (χ2v) is 16.4. The van der Waals surface area contributed by atoms with Gasteiger partial charge in [0.2, 0.25) is 23.6 Å². The first-order valence-electron chi connectivity index (χ1n) is 20.8. The molecule has 0 aliphatic heterocycles. The summed E-state index contributed by atoms with van der Waals surface area (Å²) < 4.78 is 0. The summed E-state index contributed by atoms with van der Waals surface area (Å²) in [6.07, 6.45) is 0.633. The lowest BCUT2D eigenvalue weighted by molar-refractivity contribution is -0.142. The van der Waals surface area contributed by atoms with Gasteiger partial charge in [0.1, 0.15) is 30.2 Å². The number of carboxylic acids is 1. The molecule has 0 aromatic heterocycles. The van der Waals surface area contributed by atoms with Crippen molar-refractivity contribution in [1.29, 1.82) is 0 Å². The van der Waals surface area contributed by atoms with Gasteiger partial charge in [-0.1, -0.05) is 125 Å². The molecule has 13 nitrogen and oxygen atoms in total. The zero-order chi connectivity index (χ0) is 44.5. The third kappa shape index (κ3) is 15.9. The van der Waals surface area contributed by atoms with E-state index in [2.05, 4.69) is 31.9 Å². The normalized spacial score (nSPS) is 13.5. The Hall–Kier alpha value is -6.50. The van der Waals surface area contributed by atoms with Crippen molar-refractivity contribution >= 4 is 41.3 Å². The summed E-state index contributed by atoms with van der Waals surface area (Å²) in [6.45, 7) is 11.4. The van der Waals surface area contributed by atoms with Crippen molar-refractivity contribution in [2.45, 2.75) is 104 Å². The van der Waals surface area contributed by atoms with Crippen LogP contribution in [0.4, 0.5) is 10.5 Å². The van der Waals surface area contributed by atoms with Gasteiger partial charge in [-0.05, 0) is 78.5 Å². The summed E-state index contributed by atoms with van der Waals surface area (Å²) in [5.41, 5.74) is 4.84. The molecule has 13 heteroatoms. The van der Waals surface area contributed by atoms with Crippen LogP contribution in [0, 0.1) is 25.7 Å². The van der Waals surface area contributed by atoms with Crippen molar-refractivity contribution in [3.63, 3.8) is 0 Å². The van der Waals surface area contributed by atoms with Gasteiger partial charge in [0.05, 0.1) is 0 Å². The average molecular weight is 833 g/mol. The number of carbonyl (C=O) groups excluding carboxylic acids is 5. The van der Waals surface area contributed by atoms with Crippen LogP contribution >= 0.6 is 0 Å². The molecular weight excluding hydrogens is 773 g/mol. The highest BCUT2D eigenvalue weighted by atomic mass is 16.4. The number of hydrogen-bond donors (Lipinski definition) is 7. The highest BCUT2D eigenvalue weighted by molar-refractivity contribution is 5.97. The fourth-order valence-electron chi connectivity index (χ4n) is 6.81. The predicted molar refractivity (Wildman–Crippen MR) is 237 cm³/mol. The van der Waals surface area contributed by atoms with E-state index in [1.807, 2.05) is 108 Å². The molecule has 5 atom stereocenters. The third-order valence-corrected chi connectivity index (χ3v) is 10.2. The molecule has 4 aromatic carbocycles. The van der Waals surface area contributed by atoms with Gasteiger partial charge in [-0.15, -0.1) is 0 Å². The van der Waals surface area contributed by atoms with E-state index in [0.717, 1.165) is 27.8 Å². The van der Waals surface area contributed by atoms with Crippen molar-refractivity contribution in [2.75, 3.05) is 5.32 Å². The molecule has 0 aliphatic carbocycles. The van der Waals surface area contributed by atoms with Crippen LogP contribution in [0.15, 0.2) is 109 Å². The van der Waals surface area contributed by atoms with E-state index in [1.165, 1.54) is 0 Å². The molecule has 0 fully saturated rings. The van der Waals surface area contributed by atoms with Gasteiger partial charge in [-0.25, -0.2) is 9.59 Å². The van der Waals surface area contributed by atoms with Crippen LogP contribution in [-0.4, -0.2) is 70.9 Å². The maximum atomic E-state index is 14.3. The third-order valence-electron chi connectivity index (χ3n) is 10.2. The molecule has 6 amide bonds. The SMILES string of the molecule is Cc1ccc(NC(=O)N[C@@H](Cc2ccccc2)C(=O)N[C@@H](CC(C)C)C(=O)N[C@@H](Cc2ccccc2)C(=O)N[C@@H](CC(C)C)C(=O)N[C@@H](Cc2ccccc2)C(=O)O)cc1C. The first-order valence-corrected chi connectivity index (χ1v) is 20.8. The van der Waals surface area contributed by atoms with Crippen LogP contribution in [-0.2, 0) is 43.2 Å². The van der Waals surface area contributed by atoms with Gasteiger partial charge in [0.15, 0.2) is 0 Å². The van der Waals surface area contributed by atoms with Crippen LogP contribution < -0.4 is 31.9 Å². The molecule has 7 N–H and O–H groups in total. The Morgan fingerprint density at radius 1 is 0.459 bits per heavy atom. The minimum Gasteiger partial charge on any atom is -0.480 e. The first-order chi connectivity index (χ1) is 29.1. The number of aryl methyl sites for hydroxylation is 2. The van der Waals surface area contributed by atoms with Crippen molar-refractivity contribution in [1.82, 2.24) is 26.6 Å². The maximum absolute atomic E-state index is 14.3. The molecule has 4 aromatic rings. The van der Waals surface area contributed by atoms with Crippen LogP contribution in [0.25, 0.3) is 0 Å². The van der Waals surface area contributed by atoms with E-state index in [1.54, 1.807) is 42.5 Å². The van der Waals surface area contributed by atoms with Gasteiger partial charge < -0.3 is 37.0 Å². The molecule has 4 rings (SSSR count). The zero-order valence-electron chi connectivity index (χ0n) is 35.9. The van der Waals surface area contributed by atoms with Crippen molar-refractivity contribution < 1.29 is 33.9 Å². The molecule has 0 aliphatic rings. The number of aliphatic carboxylic acids is 1. The Balaban J connectivity index is 1.56. The van der Waals surface area contributed by atoms with E-state index in [9.17, 15) is 33.9 Å². The quantitative estimate of drug-likeness (QED) is 0.0565. The monoisotopic (exact) mass is 832 g/mol. The summed E-state index contributed by atoms with van der Waals surface area (Å²) in [5.74, 6) is -3.91. The standard InChI is InChI=1S/C48H60N6O7/c1-30(2)24-38(51-46(58)41(28-35-18-12-8-13-19-35)54-48(61)49-37-23-22-32(5)33(6)26-37)43(55)52-40(27-34-16-10-7-11-17-34)45(57)50-39(25-31(3)4)44(56)53-42(47(59)60)29-36-20-14-9-15-21-36/h7-23,26,30-31,38-42H,24-25,27-29H2,1-6H3,(H,50,57)(H,51,58)(H,52,55)(H,53,56)(H,59,60)(H2,49,54,61)/t38-,39-,40-,41-,42-/m0/s1. The fourth-order valence-corrected chi connectivity index (χ4v) is 6.81. The molecular formula is C48H60N6O7. The van der Waals surface area contributed by atoms with Gasteiger partial charge in [-0.2, -0.15) is 0 Å². The van der Waals surface area contributed by atoms with Crippen molar-refractivity contribution in [3.8, 4) is 0 Å². The van der Waals surface area contributed by atoms with Crippen LogP contribution in [0.1, 0.15) is 68.4 Å². The number of amides is 6. The number of urea groups is 1. The van der Waals surface area contributed by atoms with E-state index in [0.29, 0.717) is 5.69 Å². The first kappa shape index (κ1) is 47.2. The lowest BCUT2D eigenvalue weighted by Crippen LogP contribution is -2.60. The maximum Gasteiger partial charge on any atom is 0.326 e. The van der Waals surface area contributed by atoms with E-state index < -0.39 is 65.8 Å². The Labute approximate surface area is 358 Å². The highest BCUT2D eigenvalue weighted by Gasteiger charge is 2.33. The average Bonchev–Trinajstić information content (AvgIpc) is 3.21. The Bertz CT molecular complexity index is 2080. The number of nitrogens with one attached hydrogen (secondary N) is 6. The molecule has 0 bridgehead atoms. The van der Waals surface area contributed by atoms with Gasteiger partial charge in [0.25, 0.3) is 0 Å². The van der Waals surface area contributed by atoms with Gasteiger partial charge >= 0.3 is 12.0 Å². The molecule has 0 radical (unpaired) electrons. The summed E-state index contributed by atoms with van der Waals surface area (Å²) in [6, 6.07) is 26.3. The van der Waals surface area contributed by atoms with Crippen molar-refractivity contribution in [2.24, 2.45) is 11.8 Å². The van der Waals surface area contributed by atoms with E-state index in [-0.39, 0.29) is 43.9 Å². The Kier molecular flexibility index (Phi) is 18.0. The minimum atomic E-state index is -1.25. The fraction of sp³-hybridized carbons (Fsp3) is 0.375. The number of carboxylic acid groups (broad SMARTS) is 1. The molecule has 0 unspecified atom stereocenters. The molecule has 0 saturated carbocycles. The van der Waals surface area contributed by atoms with Crippen molar-refractivity contribution in [3.05, 3.63) is 137 Å². The lowest BCUT2D eigenvalue weighted by Gasteiger charge is -2.28. The van der Waals surface area contributed by atoms with Crippen LogP contribution in [0.3, 0.4) is 0 Å². The summed E-state index contributed by atoms with van der Waals surface area (Å²) in [7, 11) is 0. The van der Waals surface area contributed by atoms with E-state index >= 15 is 0 Å². The van der Waals surface area contributed by atoms with Gasteiger partial charge in [-0.3, -0.25) is 19.2 Å². The highest BCUT2D eigenvalue weighted by Crippen LogP contribution is 2.16. The Morgan fingerprint density at radius 3 is 1.21 bits per heavy atom. The second-order valence-electron chi connectivity index (χ2n) is 16.4.